The summed E-state index contributed by atoms with van der Waals surface area (Å²) >= 11 is 0. The van der Waals surface area contributed by atoms with Crippen molar-refractivity contribution in [3.63, 3.8) is 0 Å². The lowest BCUT2D eigenvalue weighted by Gasteiger charge is -2.26. The minimum Gasteiger partial charge on any atom is -0.370 e. The molecular formula is C14H22N2. The highest BCUT2D eigenvalue weighted by molar-refractivity contribution is 5.46. The number of rotatable bonds is 3. The van der Waals surface area contributed by atoms with Crippen LogP contribution in [0.25, 0.3) is 0 Å². The van der Waals surface area contributed by atoms with Gasteiger partial charge in [-0.25, -0.2) is 0 Å². The highest BCUT2D eigenvalue weighted by atomic mass is 15.2. The van der Waals surface area contributed by atoms with Gasteiger partial charge >= 0.3 is 0 Å². The predicted molar refractivity (Wildman–Crippen MR) is 70.0 cm³/mol. The highest BCUT2D eigenvalue weighted by Gasteiger charge is 2.16. The molecule has 2 rings (SSSR count). The van der Waals surface area contributed by atoms with E-state index in [1.54, 1.807) is 0 Å². The molecule has 1 heterocycles. The Morgan fingerprint density at radius 1 is 1.31 bits per heavy atom. The Labute approximate surface area is 98.7 Å². The van der Waals surface area contributed by atoms with Crippen LogP contribution in [0.5, 0.6) is 0 Å². The number of nitrogens with zero attached hydrogens (tertiary/aromatic N) is 1. The number of anilines is 1. The van der Waals surface area contributed by atoms with E-state index in [2.05, 4.69) is 47.5 Å². The van der Waals surface area contributed by atoms with E-state index in [4.69, 9.17) is 0 Å². The standard InChI is InChI=1S/C14H22N2/c1-2-7-13-12-16(11-6-10-15-13)14-8-4-3-5-9-14/h3-5,8-9,13,15H,2,6-7,10-12H2,1H3. The zero-order chi connectivity index (χ0) is 11.2. The largest absolute Gasteiger partial charge is 0.370 e. The number of para-hydroxylation sites is 1. The molecule has 88 valence electrons. The lowest BCUT2D eigenvalue weighted by Crippen LogP contribution is -2.37. The van der Waals surface area contributed by atoms with E-state index in [0.29, 0.717) is 6.04 Å². The molecule has 0 amide bonds. The first-order valence-corrected chi connectivity index (χ1v) is 6.43. The average molecular weight is 218 g/mol. The van der Waals surface area contributed by atoms with Gasteiger partial charge in [0.05, 0.1) is 0 Å². The molecule has 1 aliphatic heterocycles. The van der Waals surface area contributed by atoms with Gasteiger partial charge in [0.15, 0.2) is 0 Å². The molecule has 1 saturated heterocycles. The van der Waals surface area contributed by atoms with Crippen LogP contribution in [0.15, 0.2) is 30.3 Å². The first-order chi connectivity index (χ1) is 7.90. The second-order valence-corrected chi connectivity index (χ2v) is 4.57. The lowest BCUT2D eigenvalue weighted by molar-refractivity contribution is 0.502. The van der Waals surface area contributed by atoms with Crippen LogP contribution < -0.4 is 10.2 Å². The molecule has 1 unspecified atom stereocenters. The molecule has 0 aromatic heterocycles. The van der Waals surface area contributed by atoms with E-state index in [1.807, 2.05) is 0 Å². The van der Waals surface area contributed by atoms with Crippen molar-refractivity contribution in [2.75, 3.05) is 24.5 Å². The zero-order valence-electron chi connectivity index (χ0n) is 10.2. The third kappa shape index (κ3) is 2.99. The molecule has 1 aliphatic rings. The van der Waals surface area contributed by atoms with Crippen LogP contribution in [0.4, 0.5) is 5.69 Å². The molecular weight excluding hydrogens is 196 g/mol. The fourth-order valence-electron chi connectivity index (χ4n) is 2.41. The average Bonchev–Trinajstić information content (AvgIpc) is 2.56. The Kier molecular flexibility index (Phi) is 4.23. The van der Waals surface area contributed by atoms with E-state index in [9.17, 15) is 0 Å². The summed E-state index contributed by atoms with van der Waals surface area (Å²) in [7, 11) is 0. The third-order valence-electron chi connectivity index (χ3n) is 3.24. The molecule has 1 aromatic rings. The van der Waals surface area contributed by atoms with Crippen molar-refractivity contribution >= 4 is 5.69 Å². The van der Waals surface area contributed by atoms with Crippen LogP contribution in [0.2, 0.25) is 0 Å². The summed E-state index contributed by atoms with van der Waals surface area (Å²) in [5.74, 6) is 0. The van der Waals surface area contributed by atoms with Gasteiger partial charge in [-0.2, -0.15) is 0 Å². The maximum atomic E-state index is 3.64. The quantitative estimate of drug-likeness (QED) is 0.839. The summed E-state index contributed by atoms with van der Waals surface area (Å²) in [6.07, 6.45) is 3.79. The summed E-state index contributed by atoms with van der Waals surface area (Å²) < 4.78 is 0. The Bertz CT molecular complexity index is 297. The van der Waals surface area contributed by atoms with Crippen LogP contribution in [-0.2, 0) is 0 Å². The van der Waals surface area contributed by atoms with Crippen molar-refractivity contribution in [3.8, 4) is 0 Å². The van der Waals surface area contributed by atoms with Crippen LogP contribution in [0, 0.1) is 0 Å². The van der Waals surface area contributed by atoms with Gasteiger partial charge in [0, 0.05) is 24.8 Å². The molecule has 0 spiro atoms. The number of nitrogens with one attached hydrogen (secondary N) is 1. The van der Waals surface area contributed by atoms with E-state index in [0.717, 1.165) is 13.1 Å². The molecule has 1 atom stereocenters. The Morgan fingerprint density at radius 3 is 2.88 bits per heavy atom. The van der Waals surface area contributed by atoms with E-state index in [-0.39, 0.29) is 0 Å². The second-order valence-electron chi connectivity index (χ2n) is 4.57. The summed E-state index contributed by atoms with van der Waals surface area (Å²) in [6, 6.07) is 11.4. The number of benzene rings is 1. The van der Waals surface area contributed by atoms with Crippen molar-refractivity contribution in [1.29, 1.82) is 0 Å². The number of hydrogen-bond acceptors (Lipinski definition) is 2. The van der Waals surface area contributed by atoms with Crippen molar-refractivity contribution in [3.05, 3.63) is 30.3 Å². The fourth-order valence-corrected chi connectivity index (χ4v) is 2.41. The van der Waals surface area contributed by atoms with Gasteiger partial charge in [-0.15, -0.1) is 0 Å². The van der Waals surface area contributed by atoms with Gasteiger partial charge in [0.1, 0.15) is 0 Å². The molecule has 1 fully saturated rings. The second kappa shape index (κ2) is 5.90. The Hall–Kier alpha value is -1.02. The highest BCUT2D eigenvalue weighted by Crippen LogP contribution is 2.16. The third-order valence-corrected chi connectivity index (χ3v) is 3.24. The number of hydrogen-bond donors (Lipinski definition) is 1. The smallest absolute Gasteiger partial charge is 0.0366 e. The molecule has 0 aliphatic carbocycles. The monoisotopic (exact) mass is 218 g/mol. The van der Waals surface area contributed by atoms with Crippen molar-refractivity contribution in [2.24, 2.45) is 0 Å². The van der Waals surface area contributed by atoms with Gasteiger partial charge in [0.25, 0.3) is 0 Å². The molecule has 16 heavy (non-hydrogen) atoms. The maximum absolute atomic E-state index is 3.64. The molecule has 1 N–H and O–H groups in total. The Morgan fingerprint density at radius 2 is 2.12 bits per heavy atom. The van der Waals surface area contributed by atoms with Crippen LogP contribution in [0.1, 0.15) is 26.2 Å². The molecule has 0 bridgehead atoms. The minimum absolute atomic E-state index is 0.660. The van der Waals surface area contributed by atoms with E-state index < -0.39 is 0 Å². The van der Waals surface area contributed by atoms with E-state index >= 15 is 0 Å². The van der Waals surface area contributed by atoms with Crippen molar-refractivity contribution < 1.29 is 0 Å². The molecule has 0 radical (unpaired) electrons. The van der Waals surface area contributed by atoms with Crippen LogP contribution >= 0.6 is 0 Å². The van der Waals surface area contributed by atoms with Gasteiger partial charge in [-0.3, -0.25) is 0 Å². The Balaban J connectivity index is 2.03. The minimum atomic E-state index is 0.660. The first kappa shape index (κ1) is 11.5. The van der Waals surface area contributed by atoms with Gasteiger partial charge < -0.3 is 10.2 Å². The summed E-state index contributed by atoms with van der Waals surface area (Å²) in [5.41, 5.74) is 1.37. The van der Waals surface area contributed by atoms with Gasteiger partial charge in [-0.1, -0.05) is 31.5 Å². The van der Waals surface area contributed by atoms with Crippen LogP contribution in [-0.4, -0.2) is 25.7 Å². The topological polar surface area (TPSA) is 15.3 Å². The zero-order valence-corrected chi connectivity index (χ0v) is 10.2. The van der Waals surface area contributed by atoms with Crippen molar-refractivity contribution in [2.45, 2.75) is 32.2 Å². The van der Waals surface area contributed by atoms with Gasteiger partial charge in [0.2, 0.25) is 0 Å². The van der Waals surface area contributed by atoms with Crippen LogP contribution in [0.3, 0.4) is 0 Å². The summed E-state index contributed by atoms with van der Waals surface area (Å²) in [6.45, 7) is 5.75. The molecule has 0 saturated carbocycles. The SMILES string of the molecule is CCCC1CN(c2ccccc2)CCCN1. The maximum Gasteiger partial charge on any atom is 0.0366 e. The molecule has 2 heteroatoms. The van der Waals surface area contributed by atoms with E-state index in [1.165, 1.54) is 31.5 Å². The van der Waals surface area contributed by atoms with Crippen molar-refractivity contribution in [1.82, 2.24) is 5.32 Å². The summed E-state index contributed by atoms with van der Waals surface area (Å²) in [5, 5.41) is 3.64. The summed E-state index contributed by atoms with van der Waals surface area (Å²) in [4.78, 5) is 2.51. The lowest BCUT2D eigenvalue weighted by atomic mass is 10.1. The normalized spacial score (nSPS) is 21.8. The molecule has 1 aromatic carbocycles. The van der Waals surface area contributed by atoms with Gasteiger partial charge in [-0.05, 0) is 31.5 Å². The predicted octanol–water partition coefficient (Wildman–Crippen LogP) is 2.66. The fraction of sp³-hybridized carbons (Fsp3) is 0.571. The first-order valence-electron chi connectivity index (χ1n) is 6.43. The molecule has 2 nitrogen and oxygen atoms in total.